The molecule has 0 bridgehead atoms. The van der Waals surface area contributed by atoms with E-state index in [1.54, 1.807) is 13.2 Å². The molecule has 0 aliphatic carbocycles. The normalized spacial score (nSPS) is 14.3. The number of hydrogen-bond donors (Lipinski definition) is 0. The first-order valence-corrected chi connectivity index (χ1v) is 11.7. The van der Waals surface area contributed by atoms with Gasteiger partial charge in [-0.2, -0.15) is 10.2 Å². The lowest BCUT2D eigenvalue weighted by atomic mass is 9.86. The molecule has 4 rings (SSSR count). The van der Waals surface area contributed by atoms with E-state index in [2.05, 4.69) is 31.8 Å². The van der Waals surface area contributed by atoms with Crippen LogP contribution in [0, 0.1) is 11.3 Å². The largest absolute Gasteiger partial charge is 0.497 e. The number of nitriles is 1. The van der Waals surface area contributed by atoms with Crippen molar-refractivity contribution in [1.29, 1.82) is 5.26 Å². The maximum absolute atomic E-state index is 13.0. The van der Waals surface area contributed by atoms with E-state index < -0.39 is 0 Å². The van der Waals surface area contributed by atoms with Gasteiger partial charge in [-0.05, 0) is 46.9 Å². The number of amides is 1. The molecule has 7 heteroatoms. The number of ether oxygens (including phenoxy) is 1. The number of hydrogen-bond acceptors (Lipinski definition) is 6. The molecule has 7 nitrogen and oxygen atoms in total. The lowest BCUT2D eigenvalue weighted by molar-refractivity contribution is 0.0745. The van der Waals surface area contributed by atoms with Gasteiger partial charge in [0, 0.05) is 37.8 Å². The number of oxazole rings is 1. The van der Waals surface area contributed by atoms with Crippen molar-refractivity contribution in [3.05, 3.63) is 76.8 Å². The third kappa shape index (κ3) is 5.55. The predicted molar refractivity (Wildman–Crippen MR) is 136 cm³/mol. The van der Waals surface area contributed by atoms with E-state index in [0.717, 1.165) is 11.3 Å². The lowest BCUT2D eigenvalue weighted by Gasteiger charge is -2.34. The fourth-order valence-corrected chi connectivity index (χ4v) is 3.98. The van der Waals surface area contributed by atoms with Gasteiger partial charge in [0.25, 0.3) is 5.91 Å². The van der Waals surface area contributed by atoms with Crippen molar-refractivity contribution in [3.63, 3.8) is 0 Å². The minimum atomic E-state index is 0.0197. The molecular weight excluding hydrogens is 440 g/mol. The highest BCUT2D eigenvalue weighted by molar-refractivity contribution is 5.94. The van der Waals surface area contributed by atoms with Crippen LogP contribution in [0.3, 0.4) is 0 Å². The maximum atomic E-state index is 13.0. The highest BCUT2D eigenvalue weighted by Crippen LogP contribution is 2.26. The average molecular weight is 471 g/mol. The highest BCUT2D eigenvalue weighted by atomic mass is 16.5. The molecule has 1 fully saturated rings. The summed E-state index contributed by atoms with van der Waals surface area (Å²) in [5.41, 5.74) is 3.15. The van der Waals surface area contributed by atoms with Crippen LogP contribution >= 0.6 is 0 Å². The predicted octanol–water partition coefficient (Wildman–Crippen LogP) is 4.99. The molecule has 0 unspecified atom stereocenters. The smallest absolute Gasteiger partial charge is 0.253 e. The molecule has 1 saturated heterocycles. The van der Waals surface area contributed by atoms with E-state index in [9.17, 15) is 10.1 Å². The Labute approximate surface area is 206 Å². The second-order valence-electron chi connectivity index (χ2n) is 9.53. The molecule has 1 amide bonds. The summed E-state index contributed by atoms with van der Waals surface area (Å²) < 4.78 is 11.1. The van der Waals surface area contributed by atoms with Crippen molar-refractivity contribution < 1.29 is 13.9 Å². The van der Waals surface area contributed by atoms with Crippen LogP contribution in [0.4, 0.5) is 5.88 Å². The van der Waals surface area contributed by atoms with Gasteiger partial charge in [-0.25, -0.2) is 0 Å². The van der Waals surface area contributed by atoms with E-state index in [4.69, 9.17) is 9.15 Å². The number of methoxy groups -OCH3 is 1. The summed E-state index contributed by atoms with van der Waals surface area (Å²) in [6.07, 6.45) is 3.62. The van der Waals surface area contributed by atoms with Crippen LogP contribution in [0.5, 0.6) is 5.75 Å². The molecule has 2 aromatic carbocycles. The van der Waals surface area contributed by atoms with E-state index in [-0.39, 0.29) is 17.0 Å². The van der Waals surface area contributed by atoms with E-state index >= 15 is 0 Å². The molecule has 1 aliphatic rings. The van der Waals surface area contributed by atoms with E-state index in [1.165, 1.54) is 5.56 Å². The summed E-state index contributed by atoms with van der Waals surface area (Å²) in [7, 11) is 1.63. The molecule has 0 saturated carbocycles. The third-order valence-corrected chi connectivity index (χ3v) is 6.12. The van der Waals surface area contributed by atoms with E-state index in [0.29, 0.717) is 43.5 Å². The number of anilines is 1. The van der Waals surface area contributed by atoms with Gasteiger partial charge in [0.05, 0.1) is 7.11 Å². The minimum Gasteiger partial charge on any atom is -0.497 e. The zero-order valence-corrected chi connectivity index (χ0v) is 20.6. The summed E-state index contributed by atoms with van der Waals surface area (Å²) >= 11 is 0. The van der Waals surface area contributed by atoms with Crippen molar-refractivity contribution in [2.45, 2.75) is 26.2 Å². The molecule has 0 N–H and O–H groups in total. The summed E-state index contributed by atoms with van der Waals surface area (Å²) in [5, 5.41) is 9.57. The van der Waals surface area contributed by atoms with Crippen LogP contribution in [-0.2, 0) is 5.41 Å². The van der Waals surface area contributed by atoms with Crippen molar-refractivity contribution in [2.24, 2.45) is 0 Å². The van der Waals surface area contributed by atoms with Crippen LogP contribution < -0.4 is 9.64 Å². The van der Waals surface area contributed by atoms with Crippen LogP contribution in [-0.4, -0.2) is 49.1 Å². The molecule has 3 aromatic rings. The standard InChI is InChI=1S/C28H30N4O3/c1-28(2,3)22-10-8-21(9-11-22)26(33)31-15-17-32(18-16-31)27-24(19-29)30-25(35-27)14-7-20-5-12-23(34-4)13-6-20/h5-14H,15-18H2,1-4H3. The number of rotatable bonds is 5. The second kappa shape index (κ2) is 10.1. The Morgan fingerprint density at radius 3 is 2.26 bits per heavy atom. The molecule has 0 spiro atoms. The van der Waals surface area contributed by atoms with Gasteiger partial charge in [0.2, 0.25) is 17.5 Å². The van der Waals surface area contributed by atoms with Gasteiger partial charge in [0.1, 0.15) is 11.8 Å². The van der Waals surface area contributed by atoms with Crippen molar-refractivity contribution in [3.8, 4) is 11.8 Å². The summed E-state index contributed by atoms with van der Waals surface area (Å²) in [6, 6.07) is 17.6. The molecule has 1 aliphatic heterocycles. The molecule has 35 heavy (non-hydrogen) atoms. The van der Waals surface area contributed by atoms with Crippen molar-refractivity contribution >= 4 is 23.9 Å². The third-order valence-electron chi connectivity index (χ3n) is 6.12. The van der Waals surface area contributed by atoms with Gasteiger partial charge in [-0.3, -0.25) is 4.79 Å². The van der Waals surface area contributed by atoms with Crippen molar-refractivity contribution in [1.82, 2.24) is 9.88 Å². The Bertz CT molecular complexity index is 1240. The van der Waals surface area contributed by atoms with Gasteiger partial charge in [-0.1, -0.05) is 45.0 Å². The molecule has 0 radical (unpaired) electrons. The summed E-state index contributed by atoms with van der Waals surface area (Å²) in [6.45, 7) is 8.69. The first-order chi connectivity index (χ1) is 16.8. The number of carbonyl (C=O) groups is 1. The highest BCUT2D eigenvalue weighted by Gasteiger charge is 2.26. The van der Waals surface area contributed by atoms with Gasteiger partial charge < -0.3 is 19.0 Å². The van der Waals surface area contributed by atoms with Crippen LogP contribution in [0.15, 0.2) is 52.9 Å². The number of carbonyl (C=O) groups excluding carboxylic acids is 1. The quantitative estimate of drug-likeness (QED) is 0.523. The van der Waals surface area contributed by atoms with Crippen molar-refractivity contribution in [2.75, 3.05) is 38.2 Å². The Balaban J connectivity index is 1.40. The first-order valence-electron chi connectivity index (χ1n) is 11.7. The minimum absolute atomic E-state index is 0.0197. The van der Waals surface area contributed by atoms with Crippen LogP contribution in [0.2, 0.25) is 0 Å². The van der Waals surface area contributed by atoms with Gasteiger partial charge in [0.15, 0.2) is 0 Å². The Morgan fingerprint density at radius 1 is 1.03 bits per heavy atom. The Morgan fingerprint density at radius 2 is 1.69 bits per heavy atom. The topological polar surface area (TPSA) is 82.6 Å². The van der Waals surface area contributed by atoms with Crippen LogP contribution in [0.1, 0.15) is 53.8 Å². The number of nitrogens with zero attached hydrogens (tertiary/aromatic N) is 4. The zero-order valence-electron chi connectivity index (χ0n) is 20.6. The maximum Gasteiger partial charge on any atom is 0.253 e. The second-order valence-corrected chi connectivity index (χ2v) is 9.53. The molecule has 0 atom stereocenters. The molecule has 2 heterocycles. The number of benzene rings is 2. The van der Waals surface area contributed by atoms with Gasteiger partial charge in [-0.15, -0.1) is 0 Å². The monoisotopic (exact) mass is 470 g/mol. The number of piperazine rings is 1. The Hall–Kier alpha value is -4.05. The number of aromatic nitrogens is 1. The fraction of sp³-hybridized carbons (Fsp3) is 0.321. The van der Waals surface area contributed by atoms with Crippen LogP contribution in [0.25, 0.3) is 12.2 Å². The fourth-order valence-electron chi connectivity index (χ4n) is 3.98. The molecule has 1 aromatic heterocycles. The summed E-state index contributed by atoms with van der Waals surface area (Å²) in [4.78, 5) is 21.1. The molecule has 180 valence electrons. The zero-order chi connectivity index (χ0) is 25.0. The Kier molecular flexibility index (Phi) is 6.92. The summed E-state index contributed by atoms with van der Waals surface area (Å²) in [5.74, 6) is 1.62. The van der Waals surface area contributed by atoms with Gasteiger partial charge >= 0.3 is 0 Å². The van der Waals surface area contributed by atoms with E-state index in [1.807, 2.05) is 64.4 Å². The average Bonchev–Trinajstić information content (AvgIpc) is 3.30. The molecular formula is C28H30N4O3. The first kappa shape index (κ1) is 24.1. The SMILES string of the molecule is COc1ccc(C=Cc2nc(C#N)c(N3CCN(C(=O)c4ccc(C(C)(C)C)cc4)CC3)o2)cc1. The lowest BCUT2D eigenvalue weighted by Crippen LogP contribution is -2.48.